The Kier molecular flexibility index (Phi) is 5.94. The summed E-state index contributed by atoms with van der Waals surface area (Å²) in [7, 11) is 0. The Morgan fingerprint density at radius 3 is 2.52 bits per heavy atom. The molecule has 0 radical (unpaired) electrons. The van der Waals surface area contributed by atoms with Crippen LogP contribution >= 0.6 is 0 Å². The van der Waals surface area contributed by atoms with Gasteiger partial charge in [0.15, 0.2) is 0 Å². The molecule has 0 aliphatic carbocycles. The molecule has 3 N–H and O–H groups in total. The molecule has 2 heterocycles. The van der Waals surface area contributed by atoms with E-state index < -0.39 is 0 Å². The van der Waals surface area contributed by atoms with Gasteiger partial charge in [-0.25, -0.2) is 5.43 Å². The predicted octanol–water partition coefficient (Wildman–Crippen LogP) is 3.76. The van der Waals surface area contributed by atoms with Gasteiger partial charge in [-0.15, -0.1) is 0 Å². The van der Waals surface area contributed by atoms with Crippen LogP contribution in [0.1, 0.15) is 5.56 Å². The normalized spacial score (nSPS) is 14.0. The number of hydrogen-bond acceptors (Lipinski definition) is 9. The molecule has 1 aliphatic heterocycles. The Bertz CT molecular complexity index is 1280. The van der Waals surface area contributed by atoms with Crippen LogP contribution in [0.5, 0.6) is 5.75 Å². The summed E-state index contributed by atoms with van der Waals surface area (Å²) in [5, 5.41) is 19.6. The van der Waals surface area contributed by atoms with Crippen LogP contribution in [-0.2, 0) is 4.74 Å². The Labute approximate surface area is 190 Å². The highest BCUT2D eigenvalue weighted by molar-refractivity contribution is 5.95. The predicted molar refractivity (Wildman–Crippen MR) is 129 cm³/mol. The van der Waals surface area contributed by atoms with Gasteiger partial charge in [-0.2, -0.15) is 20.1 Å². The molecule has 9 heteroatoms. The lowest BCUT2D eigenvalue weighted by Crippen LogP contribution is -2.37. The number of benzene rings is 3. The lowest BCUT2D eigenvalue weighted by atomic mass is 10.1. The van der Waals surface area contributed by atoms with Gasteiger partial charge < -0.3 is 20.1 Å². The van der Waals surface area contributed by atoms with Crippen LogP contribution in [-0.4, -0.2) is 52.6 Å². The zero-order valence-corrected chi connectivity index (χ0v) is 17.8. The summed E-state index contributed by atoms with van der Waals surface area (Å²) in [6.45, 7) is 2.62. The van der Waals surface area contributed by atoms with Crippen molar-refractivity contribution in [2.75, 3.05) is 41.9 Å². The molecule has 0 unspecified atom stereocenters. The van der Waals surface area contributed by atoms with Crippen molar-refractivity contribution in [1.29, 1.82) is 0 Å². The zero-order chi connectivity index (χ0) is 22.5. The van der Waals surface area contributed by atoms with Gasteiger partial charge in [0, 0.05) is 29.7 Å². The van der Waals surface area contributed by atoms with Gasteiger partial charge in [0.05, 0.1) is 19.4 Å². The second-order valence-corrected chi connectivity index (χ2v) is 7.46. The fourth-order valence-electron chi connectivity index (χ4n) is 3.59. The Balaban J connectivity index is 1.45. The van der Waals surface area contributed by atoms with Crippen molar-refractivity contribution in [2.45, 2.75) is 0 Å². The molecule has 9 nitrogen and oxygen atoms in total. The number of ether oxygens (including phenoxy) is 1. The first-order chi connectivity index (χ1) is 16.3. The quantitative estimate of drug-likeness (QED) is 0.307. The lowest BCUT2D eigenvalue weighted by Gasteiger charge is -2.27. The molecule has 1 saturated heterocycles. The molecule has 1 aromatic heterocycles. The fourth-order valence-corrected chi connectivity index (χ4v) is 3.59. The summed E-state index contributed by atoms with van der Waals surface area (Å²) in [4.78, 5) is 15.7. The molecule has 5 rings (SSSR count). The van der Waals surface area contributed by atoms with Crippen molar-refractivity contribution >= 4 is 40.5 Å². The maximum atomic E-state index is 9.93. The van der Waals surface area contributed by atoms with Crippen LogP contribution in [0.15, 0.2) is 71.8 Å². The molecular weight excluding hydrogens is 418 g/mol. The maximum Gasteiger partial charge on any atom is 0.250 e. The highest BCUT2D eigenvalue weighted by atomic mass is 16.5. The van der Waals surface area contributed by atoms with Crippen LogP contribution < -0.4 is 15.6 Å². The number of para-hydroxylation sites is 1. The SMILES string of the molecule is Oc1ccccc1/C=N/Nc1nc(Nc2cccc3ccccc23)nc(N2CCOCC2)n1. The fraction of sp³-hybridized carbons (Fsp3) is 0.167. The number of hydrogen-bond donors (Lipinski definition) is 3. The summed E-state index contributed by atoms with van der Waals surface area (Å²) in [5.74, 6) is 1.38. The summed E-state index contributed by atoms with van der Waals surface area (Å²) >= 11 is 0. The van der Waals surface area contributed by atoms with Crippen LogP contribution in [0.4, 0.5) is 23.5 Å². The summed E-state index contributed by atoms with van der Waals surface area (Å²) in [6.07, 6.45) is 1.52. The first-order valence-corrected chi connectivity index (χ1v) is 10.7. The molecule has 1 fully saturated rings. The summed E-state index contributed by atoms with van der Waals surface area (Å²) in [6, 6.07) is 21.1. The van der Waals surface area contributed by atoms with E-state index in [1.807, 2.05) is 30.3 Å². The second kappa shape index (κ2) is 9.49. The van der Waals surface area contributed by atoms with Gasteiger partial charge in [0.25, 0.3) is 0 Å². The van der Waals surface area contributed by atoms with Crippen molar-refractivity contribution in [3.63, 3.8) is 0 Å². The highest BCUT2D eigenvalue weighted by Crippen LogP contribution is 2.26. The first kappa shape index (κ1) is 20.7. The van der Waals surface area contributed by atoms with Crippen molar-refractivity contribution in [2.24, 2.45) is 5.10 Å². The van der Waals surface area contributed by atoms with E-state index in [-0.39, 0.29) is 5.75 Å². The molecule has 3 aromatic carbocycles. The Hall–Kier alpha value is -4.24. The van der Waals surface area contributed by atoms with E-state index in [0.717, 1.165) is 16.5 Å². The van der Waals surface area contributed by atoms with Crippen LogP contribution in [0.2, 0.25) is 0 Å². The van der Waals surface area contributed by atoms with E-state index in [2.05, 4.69) is 53.9 Å². The van der Waals surface area contributed by atoms with E-state index >= 15 is 0 Å². The molecule has 0 amide bonds. The maximum absolute atomic E-state index is 9.93. The van der Waals surface area contributed by atoms with E-state index in [0.29, 0.717) is 49.7 Å². The first-order valence-electron chi connectivity index (χ1n) is 10.7. The topological polar surface area (TPSA) is 108 Å². The number of hydrazone groups is 1. The van der Waals surface area contributed by atoms with E-state index in [1.165, 1.54) is 6.21 Å². The Morgan fingerprint density at radius 1 is 0.879 bits per heavy atom. The number of aromatic nitrogens is 3. The van der Waals surface area contributed by atoms with Crippen LogP contribution in [0, 0.1) is 0 Å². The van der Waals surface area contributed by atoms with Crippen molar-refractivity contribution in [3.05, 3.63) is 72.3 Å². The third kappa shape index (κ3) is 4.83. The number of aromatic hydroxyl groups is 1. The number of morpholine rings is 1. The minimum absolute atomic E-state index is 0.144. The van der Waals surface area contributed by atoms with Crippen molar-refractivity contribution in [3.8, 4) is 5.75 Å². The van der Waals surface area contributed by atoms with Gasteiger partial charge in [0.1, 0.15) is 5.75 Å². The molecule has 0 saturated carbocycles. The van der Waals surface area contributed by atoms with Crippen LogP contribution in [0.25, 0.3) is 10.8 Å². The number of phenolic OH excluding ortho intramolecular Hbond substituents is 1. The molecule has 33 heavy (non-hydrogen) atoms. The van der Waals surface area contributed by atoms with Gasteiger partial charge in [-0.1, -0.05) is 48.5 Å². The largest absolute Gasteiger partial charge is 0.507 e. The average Bonchev–Trinajstić information content (AvgIpc) is 2.86. The van der Waals surface area contributed by atoms with Crippen molar-refractivity contribution in [1.82, 2.24) is 15.0 Å². The third-order valence-corrected chi connectivity index (χ3v) is 5.26. The second-order valence-electron chi connectivity index (χ2n) is 7.46. The lowest BCUT2D eigenvalue weighted by molar-refractivity contribution is 0.122. The summed E-state index contributed by atoms with van der Waals surface area (Å²) in [5.41, 5.74) is 4.35. The molecule has 0 spiro atoms. The van der Waals surface area contributed by atoms with Gasteiger partial charge in [-0.05, 0) is 23.6 Å². The number of rotatable bonds is 6. The highest BCUT2D eigenvalue weighted by Gasteiger charge is 2.17. The monoisotopic (exact) mass is 441 g/mol. The third-order valence-electron chi connectivity index (χ3n) is 5.26. The van der Waals surface area contributed by atoms with E-state index in [9.17, 15) is 5.11 Å². The number of nitrogens with one attached hydrogen (secondary N) is 2. The molecule has 0 atom stereocenters. The average molecular weight is 441 g/mol. The minimum Gasteiger partial charge on any atom is -0.507 e. The molecular formula is C24H23N7O2. The van der Waals surface area contributed by atoms with E-state index in [1.54, 1.807) is 18.2 Å². The van der Waals surface area contributed by atoms with Gasteiger partial charge >= 0.3 is 0 Å². The minimum atomic E-state index is 0.144. The standard InChI is InChI=1S/C24H23N7O2/c32-21-11-4-2-7-18(21)16-25-30-23-27-22(28-24(29-23)31-12-14-33-15-13-31)26-20-10-5-8-17-6-1-3-9-19(17)20/h1-11,16,32H,12-15H2,(H2,26,27,28,29,30)/b25-16+. The number of fused-ring (bicyclic) bond motifs is 1. The van der Waals surface area contributed by atoms with Crippen molar-refractivity contribution < 1.29 is 9.84 Å². The van der Waals surface area contributed by atoms with E-state index in [4.69, 9.17) is 4.74 Å². The molecule has 1 aliphatic rings. The van der Waals surface area contributed by atoms with Gasteiger partial charge in [-0.3, -0.25) is 0 Å². The zero-order valence-electron chi connectivity index (χ0n) is 17.8. The number of nitrogens with zero attached hydrogens (tertiary/aromatic N) is 5. The smallest absolute Gasteiger partial charge is 0.250 e. The van der Waals surface area contributed by atoms with Gasteiger partial charge in [0.2, 0.25) is 17.8 Å². The molecule has 4 aromatic rings. The number of anilines is 4. The van der Waals surface area contributed by atoms with Crippen LogP contribution in [0.3, 0.4) is 0 Å². The number of phenols is 1. The Morgan fingerprint density at radius 2 is 1.64 bits per heavy atom. The molecule has 166 valence electrons. The summed E-state index contributed by atoms with van der Waals surface area (Å²) < 4.78 is 5.46. The molecule has 0 bridgehead atoms.